The van der Waals surface area contributed by atoms with Crippen LogP contribution < -0.4 is 15.5 Å². The molecule has 21 heavy (non-hydrogen) atoms. The monoisotopic (exact) mass is 358 g/mol. The van der Waals surface area contributed by atoms with Gasteiger partial charge in [0.2, 0.25) is 0 Å². The fraction of sp³-hybridized carbons (Fsp3) is 0.308. The summed E-state index contributed by atoms with van der Waals surface area (Å²) in [6.45, 7) is 0.0778. The van der Waals surface area contributed by atoms with Crippen LogP contribution in [0.25, 0.3) is 0 Å². The number of methoxy groups -OCH3 is 1. The maximum Gasteiger partial charge on any atom is 0.413 e. The van der Waals surface area contributed by atoms with Crippen LogP contribution in [0.3, 0.4) is 0 Å². The number of para-hydroxylation sites is 1. The maximum atomic E-state index is 11.9. The van der Waals surface area contributed by atoms with Crippen molar-refractivity contribution in [3.8, 4) is 0 Å². The number of nitrogens with one attached hydrogen (secondary N) is 3. The number of ether oxygens (including phenoxy) is 1. The Kier molecular flexibility index (Phi) is 6.83. The molecule has 0 aliphatic heterocycles. The fourth-order valence-electron chi connectivity index (χ4n) is 1.58. The van der Waals surface area contributed by atoms with Crippen LogP contribution in [0.1, 0.15) is 0 Å². The summed E-state index contributed by atoms with van der Waals surface area (Å²) in [5, 5.41) is 4.77. The van der Waals surface area contributed by atoms with Gasteiger partial charge in [0.05, 0.1) is 19.8 Å². The van der Waals surface area contributed by atoms with Gasteiger partial charge in [-0.1, -0.05) is 12.1 Å². The lowest BCUT2D eigenvalue weighted by Crippen LogP contribution is -3.11. The molecule has 1 atom stereocenters. The highest BCUT2D eigenvalue weighted by molar-refractivity contribution is 9.10. The first-order valence-electron chi connectivity index (χ1n) is 6.16. The maximum absolute atomic E-state index is 11.9. The highest BCUT2D eigenvalue weighted by Crippen LogP contribution is 2.20. The number of rotatable bonds is 5. The van der Waals surface area contributed by atoms with Crippen molar-refractivity contribution in [2.45, 2.75) is 0 Å². The van der Waals surface area contributed by atoms with E-state index in [0.29, 0.717) is 10.6 Å². The van der Waals surface area contributed by atoms with Crippen LogP contribution >= 0.6 is 15.9 Å². The number of halogens is 1. The zero-order valence-electron chi connectivity index (χ0n) is 11.7. The van der Waals surface area contributed by atoms with Gasteiger partial charge in [-0.05, 0) is 28.1 Å². The van der Waals surface area contributed by atoms with Gasteiger partial charge < -0.3 is 15.0 Å². The van der Waals surface area contributed by atoms with Crippen LogP contribution in [0.2, 0.25) is 0 Å². The Labute approximate surface area is 130 Å². The van der Waals surface area contributed by atoms with Crippen molar-refractivity contribution < 1.29 is 24.0 Å². The predicted molar refractivity (Wildman–Crippen MR) is 79.9 cm³/mol. The molecule has 7 nitrogen and oxygen atoms in total. The number of carbonyl (C=O) groups is 3. The molecule has 0 fully saturated rings. The van der Waals surface area contributed by atoms with E-state index < -0.39 is 12.0 Å². The third-order valence-corrected chi connectivity index (χ3v) is 3.19. The lowest BCUT2D eigenvalue weighted by Gasteiger charge is -2.13. The first-order chi connectivity index (χ1) is 9.92. The van der Waals surface area contributed by atoms with E-state index in [9.17, 15) is 14.4 Å². The topological polar surface area (TPSA) is 88.9 Å². The van der Waals surface area contributed by atoms with Crippen LogP contribution in [-0.2, 0) is 14.3 Å². The number of amides is 3. The molecule has 0 aromatic heterocycles. The van der Waals surface area contributed by atoms with Crippen LogP contribution in [-0.4, -0.2) is 45.2 Å². The van der Waals surface area contributed by atoms with Gasteiger partial charge in [-0.2, -0.15) is 0 Å². The Morgan fingerprint density at radius 1 is 1.19 bits per heavy atom. The van der Waals surface area contributed by atoms with E-state index in [1.807, 2.05) is 17.4 Å². The van der Waals surface area contributed by atoms with E-state index in [4.69, 9.17) is 0 Å². The van der Waals surface area contributed by atoms with Gasteiger partial charge in [0.1, 0.15) is 0 Å². The second-order valence-corrected chi connectivity index (χ2v) is 5.23. The molecule has 1 aromatic carbocycles. The van der Waals surface area contributed by atoms with Crippen molar-refractivity contribution >= 4 is 39.5 Å². The molecule has 114 valence electrons. The van der Waals surface area contributed by atoms with E-state index in [-0.39, 0.29) is 19.0 Å². The van der Waals surface area contributed by atoms with Crippen molar-refractivity contribution in [3.63, 3.8) is 0 Å². The normalized spacial score (nSPS) is 11.4. The van der Waals surface area contributed by atoms with Crippen molar-refractivity contribution in [1.29, 1.82) is 0 Å². The van der Waals surface area contributed by atoms with Gasteiger partial charge in [0.25, 0.3) is 11.8 Å². The summed E-state index contributed by atoms with van der Waals surface area (Å²) in [4.78, 5) is 34.8. The predicted octanol–water partition coefficient (Wildman–Crippen LogP) is -0.215. The number of benzene rings is 1. The molecule has 1 aromatic rings. The molecule has 1 unspecified atom stereocenters. The largest absolute Gasteiger partial charge is 0.453 e. The van der Waals surface area contributed by atoms with Crippen LogP contribution in [0.15, 0.2) is 28.7 Å². The minimum absolute atomic E-state index is 0.0154. The summed E-state index contributed by atoms with van der Waals surface area (Å²) < 4.78 is 5.09. The van der Waals surface area contributed by atoms with Crippen molar-refractivity contribution in [2.75, 3.05) is 32.6 Å². The van der Waals surface area contributed by atoms with Crippen molar-refractivity contribution in [3.05, 3.63) is 28.7 Å². The Bertz CT molecular complexity index is 536. The summed E-state index contributed by atoms with van der Waals surface area (Å²) >= 11 is 3.33. The van der Waals surface area contributed by atoms with Gasteiger partial charge in [0.15, 0.2) is 13.1 Å². The van der Waals surface area contributed by atoms with E-state index >= 15 is 0 Å². The first-order valence-corrected chi connectivity index (χ1v) is 6.95. The van der Waals surface area contributed by atoms with E-state index in [0.717, 1.165) is 4.47 Å². The molecule has 0 saturated carbocycles. The number of hydrogen-bond donors (Lipinski definition) is 3. The van der Waals surface area contributed by atoms with Crippen LogP contribution in [0.4, 0.5) is 10.5 Å². The van der Waals surface area contributed by atoms with Gasteiger partial charge in [-0.25, -0.2) is 4.79 Å². The van der Waals surface area contributed by atoms with E-state index in [2.05, 4.69) is 26.0 Å². The van der Waals surface area contributed by atoms with Crippen molar-refractivity contribution in [1.82, 2.24) is 5.32 Å². The quantitative estimate of drug-likeness (QED) is 0.679. The van der Waals surface area contributed by atoms with Crippen LogP contribution in [0, 0.1) is 0 Å². The minimum Gasteiger partial charge on any atom is -0.453 e. The number of imide groups is 1. The molecule has 0 heterocycles. The molecule has 0 spiro atoms. The highest BCUT2D eigenvalue weighted by atomic mass is 79.9. The summed E-state index contributed by atoms with van der Waals surface area (Å²) in [5.41, 5.74) is 0.661. The Hall–Kier alpha value is -1.93. The molecule has 0 bridgehead atoms. The third-order valence-electron chi connectivity index (χ3n) is 2.50. The summed E-state index contributed by atoms with van der Waals surface area (Å²) in [6, 6.07) is 7.23. The number of anilines is 1. The zero-order valence-corrected chi connectivity index (χ0v) is 13.3. The Morgan fingerprint density at radius 2 is 1.81 bits per heavy atom. The second-order valence-electron chi connectivity index (χ2n) is 4.38. The lowest BCUT2D eigenvalue weighted by molar-refractivity contribution is -0.862. The van der Waals surface area contributed by atoms with Gasteiger partial charge >= 0.3 is 6.09 Å². The zero-order chi connectivity index (χ0) is 15.8. The average Bonchev–Trinajstić information content (AvgIpc) is 2.40. The number of carbonyl (C=O) groups excluding carboxylic acids is 3. The molecular weight excluding hydrogens is 342 g/mol. The summed E-state index contributed by atoms with van der Waals surface area (Å²) in [6.07, 6.45) is -0.814. The van der Waals surface area contributed by atoms with Gasteiger partial charge in [-0.15, -0.1) is 0 Å². The lowest BCUT2D eigenvalue weighted by atomic mass is 10.3. The van der Waals surface area contributed by atoms with Gasteiger partial charge in [0, 0.05) is 4.47 Å². The fourth-order valence-corrected chi connectivity index (χ4v) is 1.96. The number of alkyl carbamates (subject to hydrolysis) is 1. The Morgan fingerprint density at radius 3 is 2.43 bits per heavy atom. The molecule has 0 radical (unpaired) electrons. The molecular formula is C13H17BrN3O4+. The molecule has 3 N–H and O–H groups in total. The number of hydrogen-bond acceptors (Lipinski definition) is 4. The van der Waals surface area contributed by atoms with E-state index in [1.165, 1.54) is 7.11 Å². The molecule has 0 aliphatic rings. The van der Waals surface area contributed by atoms with Crippen LogP contribution in [0.5, 0.6) is 0 Å². The molecule has 0 saturated heterocycles. The third kappa shape index (κ3) is 6.37. The van der Waals surface area contributed by atoms with Crippen molar-refractivity contribution in [2.24, 2.45) is 0 Å². The highest BCUT2D eigenvalue weighted by Gasteiger charge is 2.16. The van der Waals surface area contributed by atoms with Gasteiger partial charge in [-0.3, -0.25) is 14.9 Å². The molecule has 8 heteroatoms. The second kappa shape index (κ2) is 8.38. The first kappa shape index (κ1) is 17.1. The Balaban J connectivity index is 2.42. The smallest absolute Gasteiger partial charge is 0.413 e. The number of likely N-dealkylation sites (N-methyl/N-ethyl adjacent to an activating group) is 1. The molecule has 3 amide bonds. The molecule has 1 rings (SSSR count). The van der Waals surface area contributed by atoms with E-state index in [1.54, 1.807) is 19.2 Å². The molecule has 0 aliphatic carbocycles. The SMILES string of the molecule is COC(=O)NC(=O)C[NH+](C)CC(=O)Nc1ccccc1Br. The summed E-state index contributed by atoms with van der Waals surface area (Å²) in [5.74, 6) is -0.738. The standard InChI is InChI=1S/C13H16BrN3O4/c1-17(8-12(19)16-13(20)21-2)7-11(18)15-10-6-4-3-5-9(10)14/h3-6H,7-8H2,1-2H3,(H,15,18)(H,16,19,20)/p+1. The minimum atomic E-state index is -0.814. The summed E-state index contributed by atoms with van der Waals surface area (Å²) in [7, 11) is 2.85. The number of quaternary nitrogens is 1. The average molecular weight is 359 g/mol.